The molecule has 0 saturated carbocycles. The van der Waals surface area contributed by atoms with Gasteiger partial charge in [0.25, 0.3) is 0 Å². The van der Waals surface area contributed by atoms with Gasteiger partial charge in [0, 0.05) is 11.6 Å². The largest absolute Gasteiger partial charge is 0.497 e. The number of ether oxygens (including phenoxy) is 1. The van der Waals surface area contributed by atoms with Gasteiger partial charge in [-0.25, -0.2) is 8.42 Å². The minimum absolute atomic E-state index is 0.119. The lowest BCUT2D eigenvalue weighted by Gasteiger charge is -2.06. The number of hydrogen-bond acceptors (Lipinski definition) is 4. The molecule has 5 heteroatoms. The molecule has 1 heterocycles. The Morgan fingerprint density at radius 2 is 1.71 bits per heavy atom. The summed E-state index contributed by atoms with van der Waals surface area (Å²) in [5, 5.41) is 0. The van der Waals surface area contributed by atoms with E-state index in [1.807, 2.05) is 0 Å². The first-order valence-electron chi connectivity index (χ1n) is 7.27. The molecule has 122 valence electrons. The summed E-state index contributed by atoms with van der Waals surface area (Å²) in [6.45, 7) is 3.65. The Balaban J connectivity index is 2.18. The highest BCUT2D eigenvalue weighted by molar-refractivity contribution is 7.91. The van der Waals surface area contributed by atoms with E-state index < -0.39 is 9.84 Å². The van der Waals surface area contributed by atoms with Gasteiger partial charge in [-0.05, 0) is 42.5 Å². The summed E-state index contributed by atoms with van der Waals surface area (Å²) in [5.74, 6) is 1.37. The van der Waals surface area contributed by atoms with E-state index in [1.165, 1.54) is 12.1 Å². The number of sulfone groups is 1. The molecule has 0 fully saturated rings. The fourth-order valence-corrected chi connectivity index (χ4v) is 3.81. The Hall–Kier alpha value is -2.79. The summed E-state index contributed by atoms with van der Waals surface area (Å²) < 4.78 is 36.7. The van der Waals surface area contributed by atoms with Crippen LogP contribution in [0.25, 0.3) is 17.4 Å². The Bertz CT molecular complexity index is 952. The van der Waals surface area contributed by atoms with Gasteiger partial charge in [-0.2, -0.15) is 0 Å². The molecule has 0 unspecified atom stereocenters. The number of methoxy groups -OCH3 is 1. The molecule has 0 saturated heterocycles. The van der Waals surface area contributed by atoms with E-state index in [9.17, 15) is 8.42 Å². The predicted octanol–water partition coefficient (Wildman–Crippen LogP) is 4.43. The van der Waals surface area contributed by atoms with Gasteiger partial charge in [0.1, 0.15) is 16.4 Å². The van der Waals surface area contributed by atoms with Crippen molar-refractivity contribution < 1.29 is 17.6 Å². The lowest BCUT2D eigenvalue weighted by Crippen LogP contribution is -2.01. The monoisotopic (exact) mass is 340 g/mol. The molecule has 0 amide bonds. The van der Waals surface area contributed by atoms with Crippen LogP contribution in [-0.4, -0.2) is 15.5 Å². The molecular weight excluding hydrogens is 324 g/mol. The average Bonchev–Trinajstić information content (AvgIpc) is 3.08. The van der Waals surface area contributed by atoms with Crippen LogP contribution < -0.4 is 4.74 Å². The van der Waals surface area contributed by atoms with Crippen LogP contribution in [0, 0.1) is 0 Å². The van der Waals surface area contributed by atoms with Crippen LogP contribution in [-0.2, 0) is 9.84 Å². The van der Waals surface area contributed by atoms with Crippen LogP contribution in [0.5, 0.6) is 5.75 Å². The summed E-state index contributed by atoms with van der Waals surface area (Å²) in [6, 6.07) is 16.8. The van der Waals surface area contributed by atoms with Crippen molar-refractivity contribution in [1.82, 2.24) is 0 Å². The van der Waals surface area contributed by atoms with Crippen molar-refractivity contribution >= 4 is 15.9 Å². The molecule has 0 aliphatic carbocycles. The molecule has 4 nitrogen and oxygen atoms in total. The quantitative estimate of drug-likeness (QED) is 0.689. The van der Waals surface area contributed by atoms with E-state index in [-0.39, 0.29) is 15.6 Å². The Morgan fingerprint density at radius 3 is 2.29 bits per heavy atom. The molecule has 0 aliphatic rings. The first-order valence-corrected chi connectivity index (χ1v) is 8.75. The lowest BCUT2D eigenvalue weighted by atomic mass is 10.2. The van der Waals surface area contributed by atoms with Crippen molar-refractivity contribution in [2.45, 2.75) is 9.79 Å². The molecule has 0 atom stereocenters. The first kappa shape index (κ1) is 16.1. The highest BCUT2D eigenvalue weighted by Gasteiger charge is 2.26. The highest BCUT2D eigenvalue weighted by atomic mass is 32.2. The second-order valence-electron chi connectivity index (χ2n) is 5.09. The van der Waals surface area contributed by atoms with Crippen molar-refractivity contribution in [3.63, 3.8) is 0 Å². The SMILES string of the molecule is C=Cc1cc(S(=O)(=O)c2ccccc2)c(-c2ccc(OC)cc2)o1. The van der Waals surface area contributed by atoms with Gasteiger partial charge >= 0.3 is 0 Å². The van der Waals surface area contributed by atoms with Gasteiger partial charge < -0.3 is 9.15 Å². The highest BCUT2D eigenvalue weighted by Crippen LogP contribution is 2.35. The van der Waals surface area contributed by atoms with Crippen molar-refractivity contribution in [2.24, 2.45) is 0 Å². The average molecular weight is 340 g/mol. The third-order valence-corrected chi connectivity index (χ3v) is 5.39. The Labute approximate surface area is 140 Å². The van der Waals surface area contributed by atoms with Crippen molar-refractivity contribution in [3.8, 4) is 17.1 Å². The maximum absolute atomic E-state index is 13.0. The van der Waals surface area contributed by atoms with Crippen molar-refractivity contribution in [2.75, 3.05) is 7.11 Å². The predicted molar refractivity (Wildman–Crippen MR) is 92.7 cm³/mol. The van der Waals surface area contributed by atoms with Gasteiger partial charge in [0.2, 0.25) is 9.84 Å². The minimum Gasteiger partial charge on any atom is -0.497 e. The third-order valence-electron chi connectivity index (χ3n) is 3.61. The Morgan fingerprint density at radius 1 is 1.04 bits per heavy atom. The fraction of sp³-hybridized carbons (Fsp3) is 0.0526. The minimum atomic E-state index is -3.70. The molecule has 2 aromatic carbocycles. The first-order chi connectivity index (χ1) is 11.6. The van der Waals surface area contributed by atoms with Crippen LogP contribution in [0.3, 0.4) is 0 Å². The van der Waals surface area contributed by atoms with Gasteiger partial charge in [-0.15, -0.1) is 0 Å². The van der Waals surface area contributed by atoms with Crippen LogP contribution in [0.15, 0.2) is 81.5 Å². The lowest BCUT2D eigenvalue weighted by molar-refractivity contribution is 0.415. The summed E-state index contributed by atoms with van der Waals surface area (Å²) in [5.41, 5.74) is 0.651. The fourth-order valence-electron chi connectivity index (χ4n) is 2.36. The standard InChI is InChI=1S/C19H16O4S/c1-3-15-13-18(24(20,21)17-7-5-4-6-8-17)19(23-15)14-9-11-16(22-2)12-10-14/h3-13H,1H2,2H3. The van der Waals surface area contributed by atoms with Gasteiger partial charge in [0.05, 0.1) is 12.0 Å². The van der Waals surface area contributed by atoms with Gasteiger partial charge in [0.15, 0.2) is 5.76 Å². The van der Waals surface area contributed by atoms with E-state index in [1.54, 1.807) is 61.7 Å². The zero-order valence-electron chi connectivity index (χ0n) is 13.1. The van der Waals surface area contributed by atoms with Gasteiger partial charge in [-0.1, -0.05) is 24.8 Å². The molecule has 0 spiro atoms. The second kappa shape index (κ2) is 6.37. The second-order valence-corrected chi connectivity index (χ2v) is 7.01. The zero-order valence-corrected chi connectivity index (χ0v) is 13.9. The molecule has 0 N–H and O–H groups in total. The summed E-state index contributed by atoms with van der Waals surface area (Å²) >= 11 is 0. The molecular formula is C19H16O4S. The molecule has 0 aliphatic heterocycles. The number of rotatable bonds is 5. The number of hydrogen-bond donors (Lipinski definition) is 0. The van der Waals surface area contributed by atoms with Crippen molar-refractivity contribution in [3.05, 3.63) is 73.0 Å². The summed E-state index contributed by atoms with van der Waals surface area (Å²) in [7, 11) is -2.12. The van der Waals surface area contributed by atoms with E-state index in [2.05, 4.69) is 6.58 Å². The normalized spacial score (nSPS) is 11.2. The summed E-state index contributed by atoms with van der Waals surface area (Å²) in [4.78, 5) is 0.338. The smallest absolute Gasteiger partial charge is 0.210 e. The zero-order chi connectivity index (χ0) is 17.2. The number of benzene rings is 2. The molecule has 0 bridgehead atoms. The maximum Gasteiger partial charge on any atom is 0.210 e. The molecule has 24 heavy (non-hydrogen) atoms. The van der Waals surface area contributed by atoms with Crippen LogP contribution >= 0.6 is 0 Å². The number of furan rings is 1. The van der Waals surface area contributed by atoms with E-state index >= 15 is 0 Å². The van der Waals surface area contributed by atoms with E-state index in [0.29, 0.717) is 17.1 Å². The molecule has 3 aromatic rings. The van der Waals surface area contributed by atoms with Crippen molar-refractivity contribution in [1.29, 1.82) is 0 Å². The summed E-state index contributed by atoms with van der Waals surface area (Å²) in [6.07, 6.45) is 1.48. The van der Waals surface area contributed by atoms with Crippen LogP contribution in [0.1, 0.15) is 5.76 Å². The molecule has 1 aromatic heterocycles. The molecule has 3 rings (SSSR count). The topological polar surface area (TPSA) is 56.5 Å². The maximum atomic E-state index is 13.0. The Kier molecular flexibility index (Phi) is 4.27. The van der Waals surface area contributed by atoms with E-state index in [4.69, 9.17) is 9.15 Å². The van der Waals surface area contributed by atoms with Crippen LogP contribution in [0.4, 0.5) is 0 Å². The van der Waals surface area contributed by atoms with E-state index in [0.717, 1.165) is 0 Å². The molecule has 0 radical (unpaired) electrons. The van der Waals surface area contributed by atoms with Crippen LogP contribution in [0.2, 0.25) is 0 Å². The third kappa shape index (κ3) is 2.86. The van der Waals surface area contributed by atoms with Gasteiger partial charge in [-0.3, -0.25) is 0 Å².